The normalized spacial score (nSPS) is 16.4. The first kappa shape index (κ1) is 12.7. The molecule has 0 radical (unpaired) electrons. The molecule has 7 nitrogen and oxygen atoms in total. The highest BCUT2D eigenvalue weighted by atomic mass is 16.5. The minimum Gasteiger partial charge on any atom is -0.497 e. The lowest BCUT2D eigenvalue weighted by molar-refractivity contribution is 0.251. The molecule has 98 valence electrons. The van der Waals surface area contributed by atoms with Crippen LogP contribution in [0.2, 0.25) is 0 Å². The number of ether oxygens (including phenoxy) is 2. The SMILES string of the molecule is C=C1N=NC(=O)NC1=Nc1cc(OC)ccc1OC. The first-order chi connectivity index (χ1) is 9.13. The van der Waals surface area contributed by atoms with Crippen LogP contribution in [0.5, 0.6) is 11.5 Å². The summed E-state index contributed by atoms with van der Waals surface area (Å²) in [5.41, 5.74) is 0.764. The number of urea groups is 1. The van der Waals surface area contributed by atoms with Crippen LogP contribution in [0.15, 0.2) is 45.7 Å². The Kier molecular flexibility index (Phi) is 3.56. The molecule has 1 aromatic carbocycles. The minimum atomic E-state index is -0.590. The Labute approximate surface area is 109 Å². The number of methoxy groups -OCH3 is 2. The van der Waals surface area contributed by atoms with Crippen molar-refractivity contribution in [3.8, 4) is 11.5 Å². The fraction of sp³-hybridized carbons (Fsp3) is 0.167. The number of carbonyl (C=O) groups excluding carboxylic acids is 1. The molecule has 1 aromatic rings. The summed E-state index contributed by atoms with van der Waals surface area (Å²) in [6.07, 6.45) is 0. The molecule has 1 N–H and O–H groups in total. The van der Waals surface area contributed by atoms with Gasteiger partial charge in [0, 0.05) is 6.07 Å². The highest BCUT2D eigenvalue weighted by Crippen LogP contribution is 2.32. The van der Waals surface area contributed by atoms with Crippen LogP contribution in [0.25, 0.3) is 0 Å². The van der Waals surface area contributed by atoms with E-state index in [-0.39, 0.29) is 11.5 Å². The van der Waals surface area contributed by atoms with E-state index in [1.54, 1.807) is 25.3 Å². The van der Waals surface area contributed by atoms with Gasteiger partial charge >= 0.3 is 6.03 Å². The zero-order chi connectivity index (χ0) is 13.8. The van der Waals surface area contributed by atoms with Gasteiger partial charge in [0.1, 0.15) is 22.9 Å². The van der Waals surface area contributed by atoms with Gasteiger partial charge in [-0.15, -0.1) is 5.11 Å². The van der Waals surface area contributed by atoms with Gasteiger partial charge in [-0.1, -0.05) is 11.7 Å². The number of rotatable bonds is 3. The molecule has 0 aromatic heterocycles. The summed E-state index contributed by atoms with van der Waals surface area (Å²) >= 11 is 0. The predicted octanol–water partition coefficient (Wildman–Crippen LogP) is 2.42. The molecule has 0 bridgehead atoms. The maximum atomic E-state index is 11.1. The quantitative estimate of drug-likeness (QED) is 0.905. The van der Waals surface area contributed by atoms with Crippen LogP contribution >= 0.6 is 0 Å². The zero-order valence-corrected chi connectivity index (χ0v) is 10.5. The van der Waals surface area contributed by atoms with E-state index in [4.69, 9.17) is 9.47 Å². The molecule has 2 amide bonds. The van der Waals surface area contributed by atoms with Crippen molar-refractivity contribution in [2.24, 2.45) is 15.2 Å². The third-order valence-electron chi connectivity index (χ3n) is 2.38. The molecule has 0 atom stereocenters. The van der Waals surface area contributed by atoms with Crippen LogP contribution in [0.1, 0.15) is 0 Å². The van der Waals surface area contributed by atoms with Crippen LogP contribution in [0.4, 0.5) is 10.5 Å². The van der Waals surface area contributed by atoms with Crippen LogP contribution in [-0.4, -0.2) is 26.1 Å². The number of azo groups is 1. The lowest BCUT2D eigenvalue weighted by Gasteiger charge is -2.11. The lowest BCUT2D eigenvalue weighted by Crippen LogP contribution is -2.31. The van der Waals surface area contributed by atoms with Gasteiger partial charge in [-0.3, -0.25) is 5.32 Å². The molecule has 0 unspecified atom stereocenters. The van der Waals surface area contributed by atoms with Gasteiger partial charge in [-0.05, 0) is 12.1 Å². The number of carbonyl (C=O) groups is 1. The largest absolute Gasteiger partial charge is 0.497 e. The summed E-state index contributed by atoms with van der Waals surface area (Å²) in [5, 5.41) is 9.38. The number of amides is 2. The van der Waals surface area contributed by atoms with Crippen molar-refractivity contribution < 1.29 is 14.3 Å². The Morgan fingerprint density at radius 1 is 1.26 bits per heavy atom. The van der Waals surface area contributed by atoms with E-state index in [0.717, 1.165) is 0 Å². The summed E-state index contributed by atoms with van der Waals surface area (Å²) in [4.78, 5) is 15.4. The van der Waals surface area contributed by atoms with E-state index < -0.39 is 6.03 Å². The minimum absolute atomic E-state index is 0.228. The number of hydrogen-bond acceptors (Lipinski definition) is 5. The maximum absolute atomic E-state index is 11.1. The van der Waals surface area contributed by atoms with Crippen molar-refractivity contribution in [2.75, 3.05) is 14.2 Å². The Hall–Kier alpha value is -2.70. The average molecular weight is 260 g/mol. The van der Waals surface area contributed by atoms with Crippen LogP contribution in [-0.2, 0) is 0 Å². The average Bonchev–Trinajstić information content (AvgIpc) is 2.42. The van der Waals surface area contributed by atoms with Gasteiger partial charge in [0.15, 0.2) is 5.84 Å². The first-order valence-corrected chi connectivity index (χ1v) is 5.36. The smallest absolute Gasteiger partial charge is 0.365 e. The van der Waals surface area contributed by atoms with Crippen molar-refractivity contribution in [1.29, 1.82) is 0 Å². The zero-order valence-electron chi connectivity index (χ0n) is 10.5. The van der Waals surface area contributed by atoms with E-state index >= 15 is 0 Å². The molecule has 1 heterocycles. The molecule has 19 heavy (non-hydrogen) atoms. The van der Waals surface area contributed by atoms with E-state index in [1.807, 2.05) is 0 Å². The second-order valence-corrected chi connectivity index (χ2v) is 3.58. The summed E-state index contributed by atoms with van der Waals surface area (Å²) in [5.74, 6) is 1.39. The molecule has 0 saturated carbocycles. The fourth-order valence-electron chi connectivity index (χ4n) is 1.45. The molecule has 2 rings (SSSR count). The predicted molar refractivity (Wildman–Crippen MR) is 69.2 cm³/mol. The first-order valence-electron chi connectivity index (χ1n) is 5.36. The van der Waals surface area contributed by atoms with E-state index in [2.05, 4.69) is 27.1 Å². The molecule has 0 spiro atoms. The molecule has 7 heteroatoms. The van der Waals surface area contributed by atoms with Crippen molar-refractivity contribution in [2.45, 2.75) is 0 Å². The van der Waals surface area contributed by atoms with Crippen molar-refractivity contribution in [1.82, 2.24) is 5.32 Å². The molecular weight excluding hydrogens is 248 g/mol. The number of nitrogens with one attached hydrogen (secondary N) is 1. The van der Waals surface area contributed by atoms with Gasteiger partial charge < -0.3 is 9.47 Å². The number of nitrogens with zero attached hydrogens (tertiary/aromatic N) is 3. The van der Waals surface area contributed by atoms with Gasteiger partial charge in [0.05, 0.1) is 14.2 Å². The topological polar surface area (TPSA) is 84.6 Å². The van der Waals surface area contributed by atoms with Crippen molar-refractivity contribution in [3.63, 3.8) is 0 Å². The second-order valence-electron chi connectivity index (χ2n) is 3.58. The lowest BCUT2D eigenvalue weighted by atomic mass is 10.2. The molecule has 0 fully saturated rings. The molecule has 1 aliphatic rings. The van der Waals surface area contributed by atoms with Gasteiger partial charge in [-0.2, -0.15) is 0 Å². The van der Waals surface area contributed by atoms with Gasteiger partial charge in [0.2, 0.25) is 0 Å². The third-order valence-corrected chi connectivity index (χ3v) is 2.38. The van der Waals surface area contributed by atoms with Gasteiger partial charge in [0.25, 0.3) is 0 Å². The Bertz CT molecular complexity index is 593. The van der Waals surface area contributed by atoms with Gasteiger partial charge in [-0.25, -0.2) is 9.79 Å². The van der Waals surface area contributed by atoms with Crippen LogP contribution in [0, 0.1) is 0 Å². The van der Waals surface area contributed by atoms with Crippen LogP contribution < -0.4 is 14.8 Å². The molecule has 0 aliphatic carbocycles. The van der Waals surface area contributed by atoms with Crippen molar-refractivity contribution >= 4 is 17.6 Å². The number of benzene rings is 1. The van der Waals surface area contributed by atoms with E-state index in [9.17, 15) is 4.79 Å². The van der Waals surface area contributed by atoms with E-state index in [0.29, 0.717) is 17.2 Å². The number of aliphatic imine (C=N–C) groups is 1. The monoisotopic (exact) mass is 260 g/mol. The Morgan fingerprint density at radius 3 is 2.74 bits per heavy atom. The standard InChI is InChI=1S/C12H12N4O3/c1-7-11(14-12(17)16-15-7)13-9-6-8(18-2)4-5-10(9)19-3/h4-6H,1H2,2-3H3,(H,13,14,17). The summed E-state index contributed by atoms with van der Waals surface area (Å²) < 4.78 is 10.3. The molecule has 1 aliphatic heterocycles. The summed E-state index contributed by atoms with van der Waals surface area (Å²) in [7, 11) is 3.08. The van der Waals surface area contributed by atoms with Crippen molar-refractivity contribution in [3.05, 3.63) is 30.5 Å². The maximum Gasteiger partial charge on any atom is 0.365 e. The second kappa shape index (κ2) is 5.30. The number of hydrogen-bond donors (Lipinski definition) is 1. The van der Waals surface area contributed by atoms with Crippen LogP contribution in [0.3, 0.4) is 0 Å². The van der Waals surface area contributed by atoms with E-state index in [1.165, 1.54) is 7.11 Å². The summed E-state index contributed by atoms with van der Waals surface area (Å²) in [6.45, 7) is 3.65. The summed E-state index contributed by atoms with van der Waals surface area (Å²) in [6, 6.07) is 4.55. The molecular formula is C12H12N4O3. The molecule has 0 saturated heterocycles. The highest BCUT2D eigenvalue weighted by molar-refractivity contribution is 6.09. The fourth-order valence-corrected chi connectivity index (χ4v) is 1.45. The third kappa shape index (κ3) is 2.76. The number of amidine groups is 1. The Balaban J connectivity index is 2.43. The highest BCUT2D eigenvalue weighted by Gasteiger charge is 2.15. The Morgan fingerprint density at radius 2 is 2.05 bits per heavy atom.